The predicted octanol–water partition coefficient (Wildman–Crippen LogP) is 1.59. The van der Waals surface area contributed by atoms with Crippen LogP contribution in [0.5, 0.6) is 5.75 Å². The molecule has 0 aliphatic heterocycles. The first-order valence-electron chi connectivity index (χ1n) is 6.32. The summed E-state index contributed by atoms with van der Waals surface area (Å²) in [4.78, 5) is 23.2. The monoisotopic (exact) mass is 262 g/mol. The van der Waals surface area contributed by atoms with Crippen molar-refractivity contribution in [3.05, 3.63) is 23.8 Å². The lowest BCUT2D eigenvalue weighted by molar-refractivity contribution is -0.114. The van der Waals surface area contributed by atoms with Crippen molar-refractivity contribution in [2.24, 2.45) is 0 Å². The number of amides is 1. The summed E-state index contributed by atoms with van der Waals surface area (Å²) in [6.45, 7) is 1.73. The van der Waals surface area contributed by atoms with Gasteiger partial charge in [-0.15, -0.1) is 0 Å². The molecular formula is C14H18N2O3. The molecule has 1 aromatic carbocycles. The minimum absolute atomic E-state index is 0.0315. The maximum atomic E-state index is 12.1. The number of ketones is 1. The van der Waals surface area contributed by atoms with Crippen LogP contribution >= 0.6 is 0 Å². The predicted molar refractivity (Wildman–Crippen MR) is 72.7 cm³/mol. The minimum atomic E-state index is -0.167. The molecule has 0 atom stereocenters. The molecular weight excluding hydrogens is 244 g/mol. The normalized spacial score (nSPS) is 14.0. The van der Waals surface area contributed by atoms with Gasteiger partial charge < -0.3 is 15.4 Å². The largest absolute Gasteiger partial charge is 0.496 e. The van der Waals surface area contributed by atoms with E-state index in [0.717, 1.165) is 12.8 Å². The smallest absolute Gasteiger partial charge is 0.221 e. The van der Waals surface area contributed by atoms with Crippen LogP contribution in [-0.4, -0.2) is 31.4 Å². The van der Waals surface area contributed by atoms with E-state index < -0.39 is 0 Å². The van der Waals surface area contributed by atoms with Gasteiger partial charge in [-0.1, -0.05) is 0 Å². The van der Waals surface area contributed by atoms with Gasteiger partial charge in [0.2, 0.25) is 5.91 Å². The molecule has 0 spiro atoms. The van der Waals surface area contributed by atoms with Crippen LogP contribution in [0.1, 0.15) is 30.1 Å². The van der Waals surface area contributed by atoms with Crippen LogP contribution in [0.25, 0.3) is 0 Å². The average molecular weight is 262 g/mol. The molecule has 0 saturated heterocycles. The lowest BCUT2D eigenvalue weighted by Gasteiger charge is -2.10. The van der Waals surface area contributed by atoms with Gasteiger partial charge in [0.25, 0.3) is 0 Å². The fourth-order valence-corrected chi connectivity index (χ4v) is 1.83. The second kappa shape index (κ2) is 5.84. The minimum Gasteiger partial charge on any atom is -0.496 e. The van der Waals surface area contributed by atoms with Gasteiger partial charge in [-0.05, 0) is 31.0 Å². The molecule has 0 bridgehead atoms. The molecule has 19 heavy (non-hydrogen) atoms. The molecule has 5 heteroatoms. The van der Waals surface area contributed by atoms with Crippen LogP contribution in [0.4, 0.5) is 5.69 Å². The molecule has 0 heterocycles. The summed E-state index contributed by atoms with van der Waals surface area (Å²) < 4.78 is 5.19. The van der Waals surface area contributed by atoms with Crippen molar-refractivity contribution in [2.45, 2.75) is 25.8 Å². The number of hydrogen-bond acceptors (Lipinski definition) is 4. The van der Waals surface area contributed by atoms with E-state index in [9.17, 15) is 9.59 Å². The number of benzene rings is 1. The third-order valence-corrected chi connectivity index (χ3v) is 2.95. The standard InChI is InChI=1S/C14H18N2O3/c1-9(17)16-11-5-6-14(19-2)12(7-11)13(18)8-15-10-3-4-10/h5-7,10,15H,3-4,8H2,1-2H3,(H,16,17). The SMILES string of the molecule is COc1ccc(NC(C)=O)cc1C(=O)CNC1CC1. The molecule has 5 nitrogen and oxygen atoms in total. The van der Waals surface area contributed by atoms with Crippen LogP contribution in [-0.2, 0) is 4.79 Å². The van der Waals surface area contributed by atoms with Crippen LogP contribution in [0.3, 0.4) is 0 Å². The van der Waals surface area contributed by atoms with Crippen molar-refractivity contribution in [1.29, 1.82) is 0 Å². The van der Waals surface area contributed by atoms with E-state index in [0.29, 0.717) is 29.6 Å². The highest BCUT2D eigenvalue weighted by Crippen LogP contribution is 2.24. The Morgan fingerprint density at radius 3 is 2.68 bits per heavy atom. The summed E-state index contributed by atoms with van der Waals surface area (Å²) in [6, 6.07) is 5.53. The summed E-state index contributed by atoms with van der Waals surface area (Å²) in [7, 11) is 1.53. The summed E-state index contributed by atoms with van der Waals surface area (Å²) in [5.41, 5.74) is 1.09. The lowest BCUT2D eigenvalue weighted by atomic mass is 10.1. The molecule has 1 aromatic rings. The van der Waals surface area contributed by atoms with Crippen LogP contribution in [0.2, 0.25) is 0 Å². The van der Waals surface area contributed by atoms with Crippen molar-refractivity contribution < 1.29 is 14.3 Å². The zero-order chi connectivity index (χ0) is 13.8. The van der Waals surface area contributed by atoms with E-state index in [-0.39, 0.29) is 11.7 Å². The van der Waals surface area contributed by atoms with Gasteiger partial charge in [0.05, 0.1) is 19.2 Å². The highest BCUT2D eigenvalue weighted by Gasteiger charge is 2.22. The third kappa shape index (κ3) is 3.79. The van der Waals surface area contributed by atoms with Gasteiger partial charge in [0.15, 0.2) is 5.78 Å². The lowest BCUT2D eigenvalue weighted by Crippen LogP contribution is -2.25. The number of hydrogen-bond donors (Lipinski definition) is 2. The Balaban J connectivity index is 2.13. The maximum Gasteiger partial charge on any atom is 0.221 e. The average Bonchev–Trinajstić information content (AvgIpc) is 3.19. The second-order valence-electron chi connectivity index (χ2n) is 4.67. The first-order chi connectivity index (χ1) is 9.10. The molecule has 1 fully saturated rings. The van der Waals surface area contributed by atoms with Gasteiger partial charge in [-0.3, -0.25) is 9.59 Å². The molecule has 1 saturated carbocycles. The Labute approximate surface area is 112 Å². The summed E-state index contributed by atoms with van der Waals surface area (Å²) in [5.74, 6) is 0.326. The summed E-state index contributed by atoms with van der Waals surface area (Å²) in [6.07, 6.45) is 2.27. The highest BCUT2D eigenvalue weighted by atomic mass is 16.5. The number of carbonyl (C=O) groups excluding carboxylic acids is 2. The maximum absolute atomic E-state index is 12.1. The van der Waals surface area contributed by atoms with Crippen LogP contribution in [0, 0.1) is 0 Å². The topological polar surface area (TPSA) is 67.4 Å². The van der Waals surface area contributed by atoms with Gasteiger partial charge in [0.1, 0.15) is 5.75 Å². The van der Waals surface area contributed by atoms with Crippen LogP contribution in [0.15, 0.2) is 18.2 Å². The Morgan fingerprint density at radius 1 is 1.37 bits per heavy atom. The molecule has 0 radical (unpaired) electrons. The molecule has 2 N–H and O–H groups in total. The quantitative estimate of drug-likeness (QED) is 0.764. The van der Waals surface area contributed by atoms with Crippen molar-refractivity contribution in [3.63, 3.8) is 0 Å². The zero-order valence-electron chi connectivity index (χ0n) is 11.2. The first-order valence-corrected chi connectivity index (χ1v) is 6.32. The van der Waals surface area contributed by atoms with E-state index in [1.54, 1.807) is 18.2 Å². The van der Waals surface area contributed by atoms with Crippen molar-refractivity contribution in [1.82, 2.24) is 5.32 Å². The molecule has 1 aliphatic rings. The number of carbonyl (C=O) groups is 2. The van der Waals surface area contributed by atoms with Crippen molar-refractivity contribution >= 4 is 17.4 Å². The van der Waals surface area contributed by atoms with E-state index in [2.05, 4.69) is 10.6 Å². The third-order valence-electron chi connectivity index (χ3n) is 2.95. The first kappa shape index (κ1) is 13.5. The van der Waals surface area contributed by atoms with E-state index in [1.165, 1.54) is 14.0 Å². The Morgan fingerprint density at radius 2 is 2.11 bits per heavy atom. The fraction of sp³-hybridized carbons (Fsp3) is 0.429. The Kier molecular flexibility index (Phi) is 4.16. The fourth-order valence-electron chi connectivity index (χ4n) is 1.83. The van der Waals surface area contributed by atoms with Gasteiger partial charge >= 0.3 is 0 Å². The Bertz CT molecular complexity index is 495. The summed E-state index contributed by atoms with van der Waals surface area (Å²) >= 11 is 0. The van der Waals surface area contributed by atoms with Crippen molar-refractivity contribution in [2.75, 3.05) is 19.0 Å². The molecule has 0 unspecified atom stereocenters. The molecule has 2 rings (SSSR count). The van der Waals surface area contributed by atoms with E-state index in [1.807, 2.05) is 0 Å². The van der Waals surface area contributed by atoms with Gasteiger partial charge in [-0.2, -0.15) is 0 Å². The second-order valence-corrected chi connectivity index (χ2v) is 4.67. The number of ether oxygens (including phenoxy) is 1. The molecule has 0 aromatic heterocycles. The van der Waals surface area contributed by atoms with Gasteiger partial charge in [-0.25, -0.2) is 0 Å². The van der Waals surface area contributed by atoms with E-state index in [4.69, 9.17) is 4.74 Å². The van der Waals surface area contributed by atoms with Crippen LogP contribution < -0.4 is 15.4 Å². The number of methoxy groups -OCH3 is 1. The number of anilines is 1. The Hall–Kier alpha value is -1.88. The number of Topliss-reactive ketones (excluding diaryl/α,β-unsaturated/α-hetero) is 1. The molecule has 102 valence electrons. The summed E-state index contributed by atoms with van der Waals surface area (Å²) in [5, 5.41) is 5.84. The van der Waals surface area contributed by atoms with E-state index >= 15 is 0 Å². The number of nitrogens with one attached hydrogen (secondary N) is 2. The zero-order valence-corrected chi connectivity index (χ0v) is 11.2. The molecule has 1 amide bonds. The molecule has 1 aliphatic carbocycles. The highest BCUT2D eigenvalue weighted by molar-refractivity contribution is 6.01. The van der Waals surface area contributed by atoms with Crippen molar-refractivity contribution in [3.8, 4) is 5.75 Å². The van der Waals surface area contributed by atoms with Gasteiger partial charge in [0, 0.05) is 18.7 Å². The number of rotatable bonds is 6.